The molecule has 0 radical (unpaired) electrons. The lowest BCUT2D eigenvalue weighted by Crippen LogP contribution is -2.11. The molecule has 0 aromatic carbocycles. The molecule has 0 aliphatic heterocycles. The highest BCUT2D eigenvalue weighted by molar-refractivity contribution is 5.35. The van der Waals surface area contributed by atoms with Gasteiger partial charge in [-0.2, -0.15) is 0 Å². The highest BCUT2D eigenvalue weighted by atomic mass is 16.5. The van der Waals surface area contributed by atoms with Crippen LogP contribution in [0.3, 0.4) is 0 Å². The first kappa shape index (κ1) is 13.0. The first-order chi connectivity index (χ1) is 7.51. The van der Waals surface area contributed by atoms with Crippen molar-refractivity contribution < 1.29 is 4.74 Å². The highest BCUT2D eigenvalue weighted by Gasteiger charge is 2.11. The third-order valence-corrected chi connectivity index (χ3v) is 2.17. The van der Waals surface area contributed by atoms with E-state index in [-0.39, 0.29) is 0 Å². The van der Waals surface area contributed by atoms with Crippen molar-refractivity contribution >= 4 is 5.82 Å². The Bertz CT molecular complexity index is 301. The van der Waals surface area contributed by atoms with E-state index in [4.69, 9.17) is 4.74 Å². The standard InChI is InChI=1S/C13H22N2O/c1-13(2,3)9-11-5-6-12(15-10-11)14-7-8-16-4/h5-6,10H,7-9H2,1-4H3,(H,14,15). The average molecular weight is 222 g/mol. The monoisotopic (exact) mass is 222 g/mol. The summed E-state index contributed by atoms with van der Waals surface area (Å²) >= 11 is 0. The van der Waals surface area contributed by atoms with Gasteiger partial charge in [0, 0.05) is 19.9 Å². The van der Waals surface area contributed by atoms with E-state index in [1.54, 1.807) is 7.11 Å². The molecule has 0 aliphatic carbocycles. The Balaban J connectivity index is 2.48. The van der Waals surface area contributed by atoms with Crippen LogP contribution >= 0.6 is 0 Å². The Hall–Kier alpha value is -1.09. The van der Waals surface area contributed by atoms with Gasteiger partial charge in [-0.05, 0) is 23.5 Å². The molecule has 0 unspecified atom stereocenters. The Kier molecular flexibility index (Phi) is 4.74. The Labute approximate surface area is 98.2 Å². The number of anilines is 1. The van der Waals surface area contributed by atoms with Crippen molar-refractivity contribution in [3.8, 4) is 0 Å². The zero-order valence-electron chi connectivity index (χ0n) is 10.7. The first-order valence-corrected chi connectivity index (χ1v) is 5.69. The fourth-order valence-corrected chi connectivity index (χ4v) is 1.53. The third kappa shape index (κ3) is 5.12. The van der Waals surface area contributed by atoms with Crippen molar-refractivity contribution in [3.05, 3.63) is 23.9 Å². The topological polar surface area (TPSA) is 34.1 Å². The minimum Gasteiger partial charge on any atom is -0.383 e. The molecular formula is C13H22N2O. The molecule has 3 nitrogen and oxygen atoms in total. The minimum atomic E-state index is 0.312. The fraction of sp³-hybridized carbons (Fsp3) is 0.615. The van der Waals surface area contributed by atoms with Crippen LogP contribution in [-0.2, 0) is 11.2 Å². The number of hydrogen-bond acceptors (Lipinski definition) is 3. The van der Waals surface area contributed by atoms with Crippen LogP contribution in [0.1, 0.15) is 26.3 Å². The molecule has 1 N–H and O–H groups in total. The van der Waals surface area contributed by atoms with Gasteiger partial charge in [-0.3, -0.25) is 0 Å². The minimum absolute atomic E-state index is 0.312. The van der Waals surface area contributed by atoms with E-state index < -0.39 is 0 Å². The second-order valence-electron chi connectivity index (χ2n) is 5.21. The molecule has 3 heteroatoms. The van der Waals surface area contributed by atoms with E-state index in [0.717, 1.165) is 18.8 Å². The number of methoxy groups -OCH3 is 1. The van der Waals surface area contributed by atoms with E-state index in [1.807, 2.05) is 12.3 Å². The van der Waals surface area contributed by atoms with Crippen molar-refractivity contribution in [2.45, 2.75) is 27.2 Å². The molecule has 1 heterocycles. The molecule has 0 saturated carbocycles. The maximum atomic E-state index is 4.96. The molecule has 0 aliphatic rings. The van der Waals surface area contributed by atoms with Crippen molar-refractivity contribution in [2.24, 2.45) is 5.41 Å². The van der Waals surface area contributed by atoms with Crippen molar-refractivity contribution in [2.75, 3.05) is 25.6 Å². The molecule has 1 aromatic rings. The van der Waals surface area contributed by atoms with Gasteiger partial charge in [0.1, 0.15) is 5.82 Å². The van der Waals surface area contributed by atoms with Gasteiger partial charge in [0.25, 0.3) is 0 Å². The molecule has 1 aromatic heterocycles. The lowest BCUT2D eigenvalue weighted by Gasteiger charge is -2.17. The molecule has 0 bridgehead atoms. The van der Waals surface area contributed by atoms with Crippen molar-refractivity contribution in [1.29, 1.82) is 0 Å². The van der Waals surface area contributed by atoms with E-state index in [1.165, 1.54) is 5.56 Å². The average Bonchev–Trinajstić information content (AvgIpc) is 2.19. The summed E-state index contributed by atoms with van der Waals surface area (Å²) in [7, 11) is 1.70. The quantitative estimate of drug-likeness (QED) is 0.778. The molecule has 0 fully saturated rings. The number of aromatic nitrogens is 1. The van der Waals surface area contributed by atoms with Gasteiger partial charge in [0.15, 0.2) is 0 Å². The summed E-state index contributed by atoms with van der Waals surface area (Å²) in [5.41, 5.74) is 1.59. The largest absolute Gasteiger partial charge is 0.383 e. The highest BCUT2D eigenvalue weighted by Crippen LogP contribution is 2.20. The summed E-state index contributed by atoms with van der Waals surface area (Å²) < 4.78 is 4.96. The molecular weight excluding hydrogens is 200 g/mol. The second-order valence-corrected chi connectivity index (χ2v) is 5.21. The van der Waals surface area contributed by atoms with E-state index in [2.05, 4.69) is 37.1 Å². The van der Waals surface area contributed by atoms with Crippen molar-refractivity contribution in [3.63, 3.8) is 0 Å². The molecule has 1 rings (SSSR count). The van der Waals surface area contributed by atoms with Gasteiger partial charge in [-0.25, -0.2) is 4.98 Å². The first-order valence-electron chi connectivity index (χ1n) is 5.69. The summed E-state index contributed by atoms with van der Waals surface area (Å²) in [6.45, 7) is 8.20. The molecule has 90 valence electrons. The predicted molar refractivity (Wildman–Crippen MR) is 67.8 cm³/mol. The molecule has 16 heavy (non-hydrogen) atoms. The predicted octanol–water partition coefficient (Wildman–Crippen LogP) is 2.73. The van der Waals surface area contributed by atoms with Crippen LogP contribution < -0.4 is 5.32 Å². The normalized spacial score (nSPS) is 11.5. The van der Waals surface area contributed by atoms with Crippen LogP contribution in [0.5, 0.6) is 0 Å². The maximum absolute atomic E-state index is 4.96. The number of pyridine rings is 1. The number of hydrogen-bond donors (Lipinski definition) is 1. The van der Waals surface area contributed by atoms with Gasteiger partial charge in [-0.15, -0.1) is 0 Å². The Morgan fingerprint density at radius 2 is 2.06 bits per heavy atom. The summed E-state index contributed by atoms with van der Waals surface area (Å²) in [6.07, 6.45) is 3.00. The summed E-state index contributed by atoms with van der Waals surface area (Å²) in [4.78, 5) is 4.37. The van der Waals surface area contributed by atoms with E-state index in [0.29, 0.717) is 12.0 Å². The van der Waals surface area contributed by atoms with E-state index >= 15 is 0 Å². The number of nitrogens with one attached hydrogen (secondary N) is 1. The van der Waals surface area contributed by atoms with Gasteiger partial charge >= 0.3 is 0 Å². The van der Waals surface area contributed by atoms with Gasteiger partial charge in [0.05, 0.1) is 6.61 Å². The van der Waals surface area contributed by atoms with Crippen molar-refractivity contribution in [1.82, 2.24) is 4.98 Å². The van der Waals surface area contributed by atoms with Crippen LogP contribution in [-0.4, -0.2) is 25.2 Å². The van der Waals surface area contributed by atoms with Gasteiger partial charge < -0.3 is 10.1 Å². The third-order valence-electron chi connectivity index (χ3n) is 2.17. The fourth-order valence-electron chi connectivity index (χ4n) is 1.53. The molecule has 0 atom stereocenters. The second kappa shape index (κ2) is 5.85. The van der Waals surface area contributed by atoms with Gasteiger partial charge in [-0.1, -0.05) is 26.8 Å². The lowest BCUT2D eigenvalue weighted by molar-refractivity contribution is 0.210. The zero-order chi connectivity index (χ0) is 12.0. The maximum Gasteiger partial charge on any atom is 0.125 e. The van der Waals surface area contributed by atoms with Crippen LogP contribution in [0.4, 0.5) is 5.82 Å². The van der Waals surface area contributed by atoms with Crippen LogP contribution in [0.25, 0.3) is 0 Å². The summed E-state index contributed by atoms with van der Waals surface area (Å²) in [5.74, 6) is 0.912. The molecule has 0 saturated heterocycles. The zero-order valence-corrected chi connectivity index (χ0v) is 10.7. The van der Waals surface area contributed by atoms with Crippen LogP contribution in [0.2, 0.25) is 0 Å². The molecule has 0 spiro atoms. The molecule has 0 amide bonds. The Morgan fingerprint density at radius 1 is 1.31 bits per heavy atom. The number of ether oxygens (including phenoxy) is 1. The Morgan fingerprint density at radius 3 is 2.56 bits per heavy atom. The van der Waals surface area contributed by atoms with E-state index in [9.17, 15) is 0 Å². The van der Waals surface area contributed by atoms with Crippen LogP contribution in [0, 0.1) is 5.41 Å². The smallest absolute Gasteiger partial charge is 0.125 e. The number of rotatable bonds is 5. The van der Waals surface area contributed by atoms with Gasteiger partial charge in [0.2, 0.25) is 0 Å². The number of nitrogens with zero attached hydrogens (tertiary/aromatic N) is 1. The SMILES string of the molecule is COCCNc1ccc(CC(C)(C)C)cn1. The summed E-state index contributed by atoms with van der Waals surface area (Å²) in [6, 6.07) is 4.16. The van der Waals surface area contributed by atoms with Crippen LogP contribution in [0.15, 0.2) is 18.3 Å². The summed E-state index contributed by atoms with van der Waals surface area (Å²) in [5, 5.41) is 3.20. The lowest BCUT2D eigenvalue weighted by atomic mass is 9.89.